The third kappa shape index (κ3) is 12.3. The molecule has 182 valence electrons. The van der Waals surface area contributed by atoms with E-state index >= 15 is 0 Å². The number of aliphatic hydroxyl groups is 1. The average molecular weight is 451 g/mol. The number of esters is 1. The Morgan fingerprint density at radius 1 is 0.906 bits per heavy atom. The molecule has 0 amide bonds. The normalized spacial score (nSPS) is 12.9. The molecule has 1 rings (SSSR count). The Bertz CT molecular complexity index is 591. The van der Waals surface area contributed by atoms with Crippen LogP contribution in [-0.4, -0.2) is 57.3 Å². The number of carbonyl (C=O) groups is 1. The second-order valence-corrected chi connectivity index (χ2v) is 7.86. The van der Waals surface area contributed by atoms with Crippen molar-refractivity contribution < 1.29 is 28.8 Å². The van der Waals surface area contributed by atoms with Crippen LogP contribution in [0.25, 0.3) is 0 Å². The number of hydrogen-bond donors (Lipinski definition) is 1. The Kier molecular flexibility index (Phi) is 16.6. The molecule has 1 aromatic rings. The summed E-state index contributed by atoms with van der Waals surface area (Å²) in [5, 5.41) is 8.69. The molecule has 0 aliphatic carbocycles. The first-order chi connectivity index (χ1) is 15.7. The van der Waals surface area contributed by atoms with E-state index in [2.05, 4.69) is 13.5 Å². The van der Waals surface area contributed by atoms with Crippen LogP contribution in [0.15, 0.2) is 43.0 Å². The molecule has 6 nitrogen and oxygen atoms in total. The summed E-state index contributed by atoms with van der Waals surface area (Å²) in [5.74, 6) is -0.447. The zero-order chi connectivity index (χ0) is 23.3. The van der Waals surface area contributed by atoms with Gasteiger partial charge in [-0.25, -0.2) is 4.79 Å². The van der Waals surface area contributed by atoms with Crippen molar-refractivity contribution in [3.05, 3.63) is 48.6 Å². The van der Waals surface area contributed by atoms with E-state index in [4.69, 9.17) is 24.1 Å². The lowest BCUT2D eigenvalue weighted by atomic mass is 9.88. The largest absolute Gasteiger partial charge is 0.449 e. The molecule has 1 atom stereocenters. The molecular formula is C26H42O6. The maximum Gasteiger partial charge on any atom is 0.331 e. The summed E-state index contributed by atoms with van der Waals surface area (Å²) < 4.78 is 22.5. The van der Waals surface area contributed by atoms with Crippen LogP contribution in [0.3, 0.4) is 0 Å². The van der Waals surface area contributed by atoms with Gasteiger partial charge in [-0.1, -0.05) is 82.4 Å². The number of carbonyl (C=O) groups excluding carboxylic acids is 1. The molecule has 0 heterocycles. The second-order valence-electron chi connectivity index (χ2n) is 7.86. The Labute approximate surface area is 193 Å². The fourth-order valence-electron chi connectivity index (χ4n) is 3.52. The molecule has 0 saturated heterocycles. The van der Waals surface area contributed by atoms with Crippen LogP contribution in [0.4, 0.5) is 0 Å². The van der Waals surface area contributed by atoms with Crippen LogP contribution in [0.1, 0.15) is 63.9 Å². The van der Waals surface area contributed by atoms with Crippen LogP contribution in [0, 0.1) is 0 Å². The van der Waals surface area contributed by atoms with Crippen molar-refractivity contribution in [1.29, 1.82) is 0 Å². The zero-order valence-electron chi connectivity index (χ0n) is 19.8. The first-order valence-electron chi connectivity index (χ1n) is 11.9. The van der Waals surface area contributed by atoms with E-state index in [1.54, 1.807) is 0 Å². The molecule has 1 unspecified atom stereocenters. The highest BCUT2D eigenvalue weighted by molar-refractivity contribution is 5.81. The summed E-state index contributed by atoms with van der Waals surface area (Å²) in [6.45, 7) is 8.04. The van der Waals surface area contributed by atoms with Gasteiger partial charge in [0, 0.05) is 6.08 Å². The molecule has 0 fully saturated rings. The van der Waals surface area contributed by atoms with E-state index in [0.717, 1.165) is 18.4 Å². The van der Waals surface area contributed by atoms with Gasteiger partial charge in [0.25, 0.3) is 0 Å². The van der Waals surface area contributed by atoms with E-state index < -0.39 is 11.6 Å². The minimum Gasteiger partial charge on any atom is -0.449 e. The standard InChI is InChI=1S/C26H42O6/c1-3-5-6-7-8-9-13-16-26(32-25(28)4-2,24-14-11-10-12-15-24)23-31-22-21-30-20-19-29-18-17-27/h4,10-12,14-15,27H,2-3,5-9,13,16-23H2,1H3. The summed E-state index contributed by atoms with van der Waals surface area (Å²) in [7, 11) is 0. The van der Waals surface area contributed by atoms with Crippen LogP contribution >= 0.6 is 0 Å². The van der Waals surface area contributed by atoms with Crippen LogP contribution < -0.4 is 0 Å². The average Bonchev–Trinajstić information content (AvgIpc) is 2.82. The maximum absolute atomic E-state index is 12.2. The summed E-state index contributed by atoms with van der Waals surface area (Å²) in [6.07, 6.45) is 10.2. The first kappa shape index (κ1) is 28.3. The fraction of sp³-hybridized carbons (Fsp3) is 0.654. The van der Waals surface area contributed by atoms with Crippen molar-refractivity contribution >= 4 is 5.97 Å². The van der Waals surface area contributed by atoms with Gasteiger partial charge in [-0.15, -0.1) is 0 Å². The highest BCUT2D eigenvalue weighted by Crippen LogP contribution is 2.33. The molecule has 32 heavy (non-hydrogen) atoms. The lowest BCUT2D eigenvalue weighted by Crippen LogP contribution is -2.37. The minimum atomic E-state index is -0.847. The monoisotopic (exact) mass is 450 g/mol. The van der Waals surface area contributed by atoms with Gasteiger partial charge in [0.2, 0.25) is 0 Å². The lowest BCUT2D eigenvalue weighted by Gasteiger charge is -2.33. The molecule has 0 radical (unpaired) electrons. The Hall–Kier alpha value is -1.73. The van der Waals surface area contributed by atoms with Gasteiger partial charge < -0.3 is 24.1 Å². The molecule has 6 heteroatoms. The van der Waals surface area contributed by atoms with Crippen molar-refractivity contribution in [3.63, 3.8) is 0 Å². The molecular weight excluding hydrogens is 408 g/mol. The number of rotatable bonds is 21. The van der Waals surface area contributed by atoms with Gasteiger partial charge in [0.15, 0.2) is 5.60 Å². The summed E-state index contributed by atoms with van der Waals surface area (Å²) in [4.78, 5) is 12.2. The third-order valence-electron chi connectivity index (χ3n) is 5.26. The second kappa shape index (κ2) is 18.8. The number of unbranched alkanes of at least 4 members (excludes halogenated alkanes) is 6. The molecule has 0 aromatic heterocycles. The van der Waals surface area contributed by atoms with Gasteiger partial charge in [-0.05, 0) is 18.4 Å². The number of hydrogen-bond acceptors (Lipinski definition) is 6. The van der Waals surface area contributed by atoms with E-state index in [9.17, 15) is 4.79 Å². The highest BCUT2D eigenvalue weighted by atomic mass is 16.6. The third-order valence-corrected chi connectivity index (χ3v) is 5.26. The maximum atomic E-state index is 12.2. The molecule has 0 bridgehead atoms. The molecule has 0 spiro atoms. The Morgan fingerprint density at radius 2 is 1.50 bits per heavy atom. The number of aliphatic hydroxyl groups excluding tert-OH is 1. The topological polar surface area (TPSA) is 74.2 Å². The summed E-state index contributed by atoms with van der Waals surface area (Å²) >= 11 is 0. The molecule has 0 saturated carbocycles. The first-order valence-corrected chi connectivity index (χ1v) is 11.9. The predicted molar refractivity (Wildman–Crippen MR) is 127 cm³/mol. The summed E-state index contributed by atoms with van der Waals surface area (Å²) in [5.41, 5.74) is 0.0831. The quantitative estimate of drug-likeness (QED) is 0.165. The fourth-order valence-corrected chi connectivity index (χ4v) is 3.52. The van der Waals surface area contributed by atoms with Gasteiger partial charge in [0.05, 0.1) is 46.2 Å². The van der Waals surface area contributed by atoms with Gasteiger partial charge in [-0.3, -0.25) is 0 Å². The Balaban J connectivity index is 2.64. The smallest absolute Gasteiger partial charge is 0.331 e. The SMILES string of the molecule is C=CC(=O)OC(CCCCCCCCC)(COCCOCCOCCO)c1ccccc1. The van der Waals surface area contributed by atoms with Crippen molar-refractivity contribution in [3.8, 4) is 0 Å². The molecule has 0 aliphatic heterocycles. The zero-order valence-corrected chi connectivity index (χ0v) is 19.8. The van der Waals surface area contributed by atoms with Crippen molar-refractivity contribution in [1.82, 2.24) is 0 Å². The Morgan fingerprint density at radius 3 is 2.12 bits per heavy atom. The highest BCUT2D eigenvalue weighted by Gasteiger charge is 2.36. The summed E-state index contributed by atoms with van der Waals surface area (Å²) in [6, 6.07) is 9.81. The van der Waals surface area contributed by atoms with Crippen LogP contribution in [0.5, 0.6) is 0 Å². The molecule has 0 aliphatic rings. The predicted octanol–water partition coefficient (Wildman–Crippen LogP) is 4.79. The van der Waals surface area contributed by atoms with E-state index in [1.165, 1.54) is 38.2 Å². The van der Waals surface area contributed by atoms with Crippen molar-refractivity contribution in [2.75, 3.05) is 46.2 Å². The van der Waals surface area contributed by atoms with Crippen molar-refractivity contribution in [2.24, 2.45) is 0 Å². The van der Waals surface area contributed by atoms with E-state index in [-0.39, 0.29) is 13.2 Å². The number of benzene rings is 1. The van der Waals surface area contributed by atoms with Crippen LogP contribution in [0.2, 0.25) is 0 Å². The number of ether oxygens (including phenoxy) is 4. The van der Waals surface area contributed by atoms with Crippen molar-refractivity contribution in [2.45, 2.75) is 63.9 Å². The minimum absolute atomic E-state index is 0.00679. The lowest BCUT2D eigenvalue weighted by molar-refractivity contribution is -0.165. The molecule has 1 N–H and O–H groups in total. The van der Waals surface area contributed by atoms with E-state index in [0.29, 0.717) is 39.5 Å². The van der Waals surface area contributed by atoms with E-state index in [1.807, 2.05) is 30.3 Å². The van der Waals surface area contributed by atoms with Gasteiger partial charge >= 0.3 is 5.97 Å². The van der Waals surface area contributed by atoms with Gasteiger partial charge in [0.1, 0.15) is 0 Å². The molecule has 1 aromatic carbocycles. The van der Waals surface area contributed by atoms with Crippen LogP contribution in [-0.2, 0) is 29.3 Å². The van der Waals surface area contributed by atoms with Gasteiger partial charge in [-0.2, -0.15) is 0 Å².